The first-order valence-corrected chi connectivity index (χ1v) is 5.91. The molecule has 5 nitrogen and oxygen atoms in total. The van der Waals surface area contributed by atoms with E-state index in [0.717, 1.165) is 6.20 Å². The van der Waals surface area contributed by atoms with Crippen LogP contribution in [0.1, 0.15) is 6.23 Å². The predicted octanol–water partition coefficient (Wildman–Crippen LogP) is 1.14. The van der Waals surface area contributed by atoms with Crippen molar-refractivity contribution in [3.05, 3.63) is 22.4 Å². The van der Waals surface area contributed by atoms with Crippen LogP contribution in [-0.2, 0) is 4.74 Å². The Kier molecular flexibility index (Phi) is 3.86. The summed E-state index contributed by atoms with van der Waals surface area (Å²) in [5, 5.41) is 0. The van der Waals surface area contributed by atoms with Crippen molar-refractivity contribution in [1.82, 2.24) is 9.55 Å². The number of aromatic nitrogens is 2. The van der Waals surface area contributed by atoms with Crippen LogP contribution in [0.3, 0.4) is 0 Å². The highest BCUT2D eigenvalue weighted by molar-refractivity contribution is 6.21. The molecule has 0 unspecified atom stereocenters. The average molecular weight is 283 g/mol. The molecule has 0 spiro atoms. The second-order valence-corrected chi connectivity index (χ2v) is 4.03. The van der Waals surface area contributed by atoms with E-state index in [1.54, 1.807) is 0 Å². The minimum atomic E-state index is -0.957. The van der Waals surface area contributed by atoms with Crippen LogP contribution in [0.15, 0.2) is 11.0 Å². The van der Waals surface area contributed by atoms with Crippen molar-refractivity contribution in [2.45, 2.75) is 12.3 Å². The molecule has 0 saturated carbocycles. The molecule has 1 aromatic rings. The lowest BCUT2D eigenvalue weighted by Crippen LogP contribution is -2.24. The minimum Gasteiger partial charge on any atom is -0.460 e. The molecule has 1 aromatic heterocycles. The van der Waals surface area contributed by atoms with Gasteiger partial charge < -0.3 is 9.47 Å². The monoisotopic (exact) mass is 282 g/mol. The molecular weight excluding hydrogens is 274 g/mol. The summed E-state index contributed by atoms with van der Waals surface area (Å²) >= 11 is 11.3. The molecule has 0 fully saturated rings. The molecule has 0 aliphatic carbocycles. The molecule has 17 heavy (non-hydrogen) atoms. The van der Waals surface area contributed by atoms with Crippen molar-refractivity contribution in [3.8, 4) is 6.01 Å². The molecule has 1 aliphatic rings. The third kappa shape index (κ3) is 2.53. The van der Waals surface area contributed by atoms with Crippen molar-refractivity contribution in [2.75, 3.05) is 18.4 Å². The van der Waals surface area contributed by atoms with Gasteiger partial charge >= 0.3 is 11.6 Å². The van der Waals surface area contributed by atoms with Gasteiger partial charge in [-0.25, -0.2) is 0 Å². The van der Waals surface area contributed by atoms with Crippen molar-refractivity contribution < 1.29 is 13.9 Å². The third-order valence-electron chi connectivity index (χ3n) is 2.23. The van der Waals surface area contributed by atoms with Gasteiger partial charge in [0.1, 0.15) is 6.61 Å². The number of hydrogen-bond donors (Lipinski definition) is 0. The predicted molar refractivity (Wildman–Crippen MR) is 59.3 cm³/mol. The van der Waals surface area contributed by atoms with E-state index in [4.69, 9.17) is 32.7 Å². The van der Waals surface area contributed by atoms with E-state index >= 15 is 0 Å². The Bertz CT molecular complexity index is 464. The highest BCUT2D eigenvalue weighted by atomic mass is 35.5. The molecule has 0 saturated heterocycles. The van der Waals surface area contributed by atoms with Gasteiger partial charge in [0.25, 0.3) is 0 Å². The van der Waals surface area contributed by atoms with Crippen LogP contribution in [0.2, 0.25) is 0 Å². The normalized spacial score (nSPS) is 18.2. The van der Waals surface area contributed by atoms with Gasteiger partial charge in [0, 0.05) is 11.8 Å². The zero-order valence-corrected chi connectivity index (χ0v) is 10.1. The van der Waals surface area contributed by atoms with Crippen LogP contribution in [-0.4, -0.2) is 34.0 Å². The second-order valence-electron chi connectivity index (χ2n) is 3.42. The van der Waals surface area contributed by atoms with Crippen molar-refractivity contribution in [3.63, 3.8) is 0 Å². The zero-order chi connectivity index (χ0) is 12.4. The molecule has 0 bridgehead atoms. The van der Waals surface area contributed by atoms with Crippen molar-refractivity contribution >= 4 is 23.2 Å². The number of fused-ring (bicyclic) bond motifs is 1. The molecule has 0 N–H and O–H groups in total. The first-order chi connectivity index (χ1) is 8.15. The number of halogens is 3. The summed E-state index contributed by atoms with van der Waals surface area (Å²) in [5.41, 5.74) is -0.955. The summed E-state index contributed by atoms with van der Waals surface area (Å²) in [4.78, 5) is 14.4. The minimum absolute atomic E-state index is 0.0318. The lowest BCUT2D eigenvalue weighted by atomic mass is 10.4. The fourth-order valence-corrected chi connectivity index (χ4v) is 1.89. The van der Waals surface area contributed by atoms with Crippen LogP contribution in [0.4, 0.5) is 4.39 Å². The van der Waals surface area contributed by atoms with Crippen LogP contribution in [0.25, 0.3) is 0 Å². The van der Waals surface area contributed by atoms with Gasteiger partial charge in [-0.1, -0.05) is 0 Å². The largest absolute Gasteiger partial charge is 0.460 e. The van der Waals surface area contributed by atoms with E-state index in [2.05, 4.69) is 4.98 Å². The van der Waals surface area contributed by atoms with Gasteiger partial charge in [0.05, 0.1) is 12.3 Å². The molecule has 0 aromatic carbocycles. The van der Waals surface area contributed by atoms with E-state index in [1.807, 2.05) is 0 Å². The van der Waals surface area contributed by atoms with Crippen molar-refractivity contribution in [1.29, 1.82) is 0 Å². The molecule has 1 atom stereocenters. The molecule has 0 amide bonds. The number of rotatable bonds is 4. The molecule has 1 aliphatic heterocycles. The molecule has 94 valence electrons. The number of hydrogen-bond acceptors (Lipinski definition) is 4. The zero-order valence-electron chi connectivity index (χ0n) is 8.61. The van der Waals surface area contributed by atoms with Gasteiger partial charge in [-0.15, -0.1) is 23.2 Å². The van der Waals surface area contributed by atoms with E-state index < -0.39 is 17.6 Å². The first-order valence-electron chi connectivity index (χ1n) is 4.84. The van der Waals surface area contributed by atoms with Gasteiger partial charge in [-0.3, -0.25) is 9.36 Å². The fraction of sp³-hybridized carbons (Fsp3) is 0.556. The Morgan fingerprint density at radius 1 is 1.65 bits per heavy atom. The number of nitrogens with zero attached hydrogens (tertiary/aromatic N) is 2. The van der Waals surface area contributed by atoms with Gasteiger partial charge in [-0.2, -0.15) is 9.37 Å². The van der Waals surface area contributed by atoms with Crippen molar-refractivity contribution in [2.24, 2.45) is 0 Å². The average Bonchev–Trinajstić information content (AvgIpc) is 2.69. The van der Waals surface area contributed by atoms with E-state index in [-0.39, 0.29) is 30.5 Å². The van der Waals surface area contributed by atoms with Crippen LogP contribution < -0.4 is 10.3 Å². The summed E-state index contributed by atoms with van der Waals surface area (Å²) < 4.78 is 25.0. The maximum Gasteiger partial charge on any atom is 0.311 e. The standard InChI is InChI=1S/C9H9Cl2FN2O3/c10-1-5(2-11)17-7-4-16-9-13-8(15)6(12)3-14(7)9/h3,5,7H,1-2,4H2/t7-/m1/s1. The Labute approximate surface area is 106 Å². The fourth-order valence-electron chi connectivity index (χ4n) is 1.41. The summed E-state index contributed by atoms with van der Waals surface area (Å²) in [6, 6.07) is 0.0318. The summed E-state index contributed by atoms with van der Waals surface area (Å²) in [5.74, 6) is -0.530. The Balaban J connectivity index is 2.21. The smallest absolute Gasteiger partial charge is 0.311 e. The lowest BCUT2D eigenvalue weighted by Gasteiger charge is -2.18. The van der Waals surface area contributed by atoms with Crippen LogP contribution in [0.5, 0.6) is 6.01 Å². The molecule has 2 heterocycles. The molecule has 2 rings (SSSR count). The topological polar surface area (TPSA) is 53.4 Å². The van der Waals surface area contributed by atoms with Gasteiger partial charge in [0.15, 0.2) is 6.23 Å². The maximum absolute atomic E-state index is 13.1. The summed E-state index contributed by atoms with van der Waals surface area (Å²) in [6.45, 7) is 0.139. The third-order valence-corrected chi connectivity index (χ3v) is 2.92. The SMILES string of the molecule is O=c1nc2n(cc1F)[C@H](OC(CCl)CCl)CO2. The quantitative estimate of drug-likeness (QED) is 0.777. The van der Waals surface area contributed by atoms with Gasteiger partial charge in [-0.05, 0) is 0 Å². The number of ether oxygens (including phenoxy) is 2. The summed E-state index contributed by atoms with van der Waals surface area (Å²) in [6.07, 6.45) is 0.0532. The maximum atomic E-state index is 13.1. The Hall–Kier alpha value is -0.850. The Morgan fingerprint density at radius 2 is 2.35 bits per heavy atom. The highest BCUT2D eigenvalue weighted by Gasteiger charge is 2.28. The summed E-state index contributed by atoms with van der Waals surface area (Å²) in [7, 11) is 0. The number of alkyl halides is 2. The molecular formula is C9H9Cl2FN2O3. The Morgan fingerprint density at radius 3 is 3.00 bits per heavy atom. The van der Waals surface area contributed by atoms with E-state index in [9.17, 15) is 9.18 Å². The highest BCUT2D eigenvalue weighted by Crippen LogP contribution is 2.25. The van der Waals surface area contributed by atoms with Crippen LogP contribution in [0, 0.1) is 5.82 Å². The lowest BCUT2D eigenvalue weighted by molar-refractivity contribution is -0.0337. The molecule has 8 heteroatoms. The second kappa shape index (κ2) is 5.20. The van der Waals surface area contributed by atoms with Crippen LogP contribution >= 0.6 is 23.2 Å². The first kappa shape index (κ1) is 12.6. The van der Waals surface area contributed by atoms with Gasteiger partial charge in [0.2, 0.25) is 5.82 Å². The molecule has 0 radical (unpaired) electrons. The van der Waals surface area contributed by atoms with E-state index in [0.29, 0.717) is 0 Å². The van der Waals surface area contributed by atoms with E-state index in [1.165, 1.54) is 4.57 Å².